The van der Waals surface area contributed by atoms with E-state index < -0.39 is 6.04 Å². The van der Waals surface area contributed by atoms with Gasteiger partial charge in [-0.1, -0.05) is 29.3 Å². The molecule has 1 rings (SSSR count). The summed E-state index contributed by atoms with van der Waals surface area (Å²) in [6, 6.07) is 2.44. The van der Waals surface area contributed by atoms with E-state index in [1.165, 1.54) is 18.2 Å². The summed E-state index contributed by atoms with van der Waals surface area (Å²) in [6.07, 6.45) is 1.49. The molecule has 0 aliphatic heterocycles. The van der Waals surface area contributed by atoms with Crippen molar-refractivity contribution in [2.45, 2.75) is 6.04 Å². The molecule has 14 heavy (non-hydrogen) atoms. The maximum atomic E-state index is 9.48. The molecule has 0 aliphatic rings. The fourth-order valence-electron chi connectivity index (χ4n) is 1.02. The van der Waals surface area contributed by atoms with Crippen molar-refractivity contribution in [3.8, 4) is 5.75 Å². The molecule has 0 heterocycles. The molecule has 0 saturated carbocycles. The molecule has 0 spiro atoms. The number of nitrogens with two attached hydrogens (primary N) is 1. The van der Waals surface area contributed by atoms with E-state index in [0.29, 0.717) is 15.6 Å². The molecule has 0 aliphatic carbocycles. The number of aromatic hydroxyl groups is 1. The highest BCUT2D eigenvalue weighted by atomic mass is 35.5. The predicted molar refractivity (Wildman–Crippen MR) is 62.5 cm³/mol. The summed E-state index contributed by atoms with van der Waals surface area (Å²) >= 11 is 11.5. The minimum atomic E-state index is -0.482. The summed E-state index contributed by atoms with van der Waals surface area (Å²) < 4.78 is 0. The molecule has 1 aromatic rings. The van der Waals surface area contributed by atoms with E-state index >= 15 is 0 Å². The Hall–Kier alpha value is -0.410. The third-order valence-corrected chi connectivity index (χ3v) is 2.19. The fourth-order valence-corrected chi connectivity index (χ4v) is 1.63. The second-order valence-electron chi connectivity index (χ2n) is 2.58. The Kier molecular flexibility index (Phi) is 5.31. The standard InChI is InChI=1S/C9H9Cl2NO.ClH/c1-2-7(12)9-6(11)3-5(10)4-8(9)13;/h2-4,7,13H,1,12H2;1H/t7-;/m1./s1. The van der Waals surface area contributed by atoms with Crippen molar-refractivity contribution in [2.75, 3.05) is 0 Å². The van der Waals surface area contributed by atoms with Crippen LogP contribution >= 0.6 is 35.6 Å². The molecular formula is C9H10Cl3NO. The topological polar surface area (TPSA) is 46.2 Å². The van der Waals surface area contributed by atoms with Gasteiger partial charge in [-0.15, -0.1) is 19.0 Å². The lowest BCUT2D eigenvalue weighted by atomic mass is 10.1. The zero-order chi connectivity index (χ0) is 10.0. The van der Waals surface area contributed by atoms with Gasteiger partial charge in [0.1, 0.15) is 5.75 Å². The Morgan fingerprint density at radius 2 is 2.00 bits per heavy atom. The molecular weight excluding hydrogens is 244 g/mol. The average Bonchev–Trinajstić information content (AvgIpc) is 2.02. The molecule has 3 N–H and O–H groups in total. The first kappa shape index (κ1) is 13.6. The molecule has 0 saturated heterocycles. The van der Waals surface area contributed by atoms with Crippen LogP contribution in [-0.2, 0) is 0 Å². The number of hydrogen-bond donors (Lipinski definition) is 2. The lowest BCUT2D eigenvalue weighted by Crippen LogP contribution is -2.07. The third-order valence-electron chi connectivity index (χ3n) is 1.66. The second-order valence-corrected chi connectivity index (χ2v) is 3.43. The smallest absolute Gasteiger partial charge is 0.123 e. The molecule has 1 aromatic carbocycles. The van der Waals surface area contributed by atoms with Gasteiger partial charge in [-0.2, -0.15) is 0 Å². The van der Waals surface area contributed by atoms with Crippen LogP contribution in [-0.4, -0.2) is 5.11 Å². The summed E-state index contributed by atoms with van der Waals surface area (Å²) in [5.74, 6) is -0.00935. The molecule has 0 bridgehead atoms. The average molecular weight is 255 g/mol. The van der Waals surface area contributed by atoms with Gasteiger partial charge in [-0.05, 0) is 12.1 Å². The zero-order valence-corrected chi connectivity index (χ0v) is 9.53. The molecule has 0 unspecified atom stereocenters. The van der Waals surface area contributed by atoms with Crippen molar-refractivity contribution >= 4 is 35.6 Å². The first-order valence-electron chi connectivity index (χ1n) is 3.62. The number of phenolic OH excluding ortho intramolecular Hbond substituents is 1. The molecule has 2 nitrogen and oxygen atoms in total. The van der Waals surface area contributed by atoms with E-state index in [9.17, 15) is 5.11 Å². The van der Waals surface area contributed by atoms with Crippen LogP contribution in [0.25, 0.3) is 0 Å². The Labute approximate surface area is 98.7 Å². The highest BCUT2D eigenvalue weighted by Crippen LogP contribution is 2.33. The molecule has 0 aromatic heterocycles. The van der Waals surface area contributed by atoms with Crippen LogP contribution in [0.4, 0.5) is 0 Å². The van der Waals surface area contributed by atoms with Gasteiger partial charge >= 0.3 is 0 Å². The Bertz CT molecular complexity index is 318. The summed E-state index contributed by atoms with van der Waals surface area (Å²) in [7, 11) is 0. The highest BCUT2D eigenvalue weighted by Gasteiger charge is 2.12. The van der Waals surface area contributed by atoms with Crippen LogP contribution in [0.3, 0.4) is 0 Å². The lowest BCUT2D eigenvalue weighted by Gasteiger charge is -2.11. The summed E-state index contributed by atoms with van der Waals surface area (Å²) in [4.78, 5) is 0. The predicted octanol–water partition coefficient (Wildman–Crippen LogP) is 3.31. The number of hydrogen-bond acceptors (Lipinski definition) is 2. The van der Waals surface area contributed by atoms with Crippen molar-refractivity contribution in [1.82, 2.24) is 0 Å². The molecule has 5 heteroatoms. The summed E-state index contributed by atoms with van der Waals surface area (Å²) in [5.41, 5.74) is 6.09. The van der Waals surface area contributed by atoms with Crippen LogP contribution < -0.4 is 5.73 Å². The Morgan fingerprint density at radius 1 is 1.43 bits per heavy atom. The molecule has 0 radical (unpaired) electrons. The van der Waals surface area contributed by atoms with E-state index in [1.807, 2.05) is 0 Å². The number of phenols is 1. The highest BCUT2D eigenvalue weighted by molar-refractivity contribution is 6.35. The van der Waals surface area contributed by atoms with Crippen LogP contribution in [0, 0.1) is 0 Å². The van der Waals surface area contributed by atoms with Gasteiger partial charge in [-0.25, -0.2) is 0 Å². The van der Waals surface area contributed by atoms with Crippen LogP contribution in [0.1, 0.15) is 11.6 Å². The van der Waals surface area contributed by atoms with E-state index in [1.54, 1.807) is 0 Å². The van der Waals surface area contributed by atoms with Gasteiger partial charge in [0.15, 0.2) is 0 Å². The minimum Gasteiger partial charge on any atom is -0.507 e. The van der Waals surface area contributed by atoms with E-state index in [0.717, 1.165) is 0 Å². The first-order valence-corrected chi connectivity index (χ1v) is 4.38. The number of halogens is 3. The number of rotatable bonds is 2. The van der Waals surface area contributed by atoms with Crippen molar-refractivity contribution < 1.29 is 5.11 Å². The zero-order valence-electron chi connectivity index (χ0n) is 7.21. The molecule has 0 amide bonds. The van der Waals surface area contributed by atoms with Crippen molar-refractivity contribution in [3.05, 3.63) is 40.4 Å². The Balaban J connectivity index is 0.00000169. The maximum Gasteiger partial charge on any atom is 0.123 e. The minimum absolute atomic E-state index is 0. The SMILES string of the molecule is C=C[C@@H](N)c1c(O)cc(Cl)cc1Cl.Cl. The van der Waals surface area contributed by atoms with E-state index in [2.05, 4.69) is 6.58 Å². The lowest BCUT2D eigenvalue weighted by molar-refractivity contribution is 0.466. The van der Waals surface area contributed by atoms with Gasteiger partial charge in [-0.3, -0.25) is 0 Å². The van der Waals surface area contributed by atoms with Gasteiger partial charge in [0, 0.05) is 10.6 Å². The maximum absolute atomic E-state index is 9.48. The molecule has 78 valence electrons. The first-order chi connectivity index (χ1) is 6.06. The normalized spacial score (nSPS) is 11.6. The van der Waals surface area contributed by atoms with Crippen LogP contribution in [0.15, 0.2) is 24.8 Å². The largest absolute Gasteiger partial charge is 0.507 e. The van der Waals surface area contributed by atoms with Gasteiger partial charge in [0.2, 0.25) is 0 Å². The second kappa shape index (κ2) is 5.47. The van der Waals surface area contributed by atoms with Gasteiger partial charge in [0.05, 0.1) is 11.1 Å². The summed E-state index contributed by atoms with van der Waals surface area (Å²) in [5, 5.41) is 10.2. The molecule has 0 fully saturated rings. The number of benzene rings is 1. The van der Waals surface area contributed by atoms with E-state index in [4.69, 9.17) is 28.9 Å². The van der Waals surface area contributed by atoms with Gasteiger partial charge in [0.25, 0.3) is 0 Å². The van der Waals surface area contributed by atoms with Crippen molar-refractivity contribution in [2.24, 2.45) is 5.73 Å². The van der Waals surface area contributed by atoms with Gasteiger partial charge < -0.3 is 10.8 Å². The van der Waals surface area contributed by atoms with Crippen molar-refractivity contribution in [1.29, 1.82) is 0 Å². The van der Waals surface area contributed by atoms with Crippen LogP contribution in [0.5, 0.6) is 5.75 Å². The fraction of sp³-hybridized carbons (Fsp3) is 0.111. The monoisotopic (exact) mass is 253 g/mol. The quantitative estimate of drug-likeness (QED) is 0.796. The third kappa shape index (κ3) is 2.79. The molecule has 1 atom stereocenters. The van der Waals surface area contributed by atoms with Crippen molar-refractivity contribution in [3.63, 3.8) is 0 Å². The van der Waals surface area contributed by atoms with Crippen LogP contribution in [0.2, 0.25) is 10.0 Å². The van der Waals surface area contributed by atoms with E-state index in [-0.39, 0.29) is 18.2 Å². The Morgan fingerprint density at radius 3 is 2.43 bits per heavy atom. The summed E-state index contributed by atoms with van der Waals surface area (Å²) in [6.45, 7) is 3.51.